The SMILES string of the molecule is O=C1NCCCC1NCc1ccccc1Br. The van der Waals surface area contributed by atoms with Gasteiger partial charge in [0, 0.05) is 17.6 Å². The maximum absolute atomic E-state index is 11.5. The van der Waals surface area contributed by atoms with E-state index in [1.165, 1.54) is 5.56 Å². The lowest BCUT2D eigenvalue weighted by molar-refractivity contribution is -0.124. The highest BCUT2D eigenvalue weighted by molar-refractivity contribution is 9.10. The second-order valence-electron chi connectivity index (χ2n) is 3.96. The highest BCUT2D eigenvalue weighted by Crippen LogP contribution is 2.16. The molecule has 1 aliphatic rings. The van der Waals surface area contributed by atoms with Gasteiger partial charge in [0.1, 0.15) is 0 Å². The van der Waals surface area contributed by atoms with Crippen LogP contribution in [0.3, 0.4) is 0 Å². The molecule has 1 aromatic rings. The molecule has 1 atom stereocenters. The van der Waals surface area contributed by atoms with Crippen molar-refractivity contribution >= 4 is 21.8 Å². The summed E-state index contributed by atoms with van der Waals surface area (Å²) in [6, 6.07) is 8.01. The van der Waals surface area contributed by atoms with Crippen LogP contribution in [0.4, 0.5) is 0 Å². The van der Waals surface area contributed by atoms with E-state index < -0.39 is 0 Å². The summed E-state index contributed by atoms with van der Waals surface area (Å²) in [5.74, 6) is 0.123. The van der Waals surface area contributed by atoms with Crippen molar-refractivity contribution in [3.05, 3.63) is 34.3 Å². The molecule has 0 bridgehead atoms. The van der Waals surface area contributed by atoms with E-state index in [2.05, 4.69) is 32.6 Å². The first kappa shape index (κ1) is 11.6. The monoisotopic (exact) mass is 282 g/mol. The van der Waals surface area contributed by atoms with Crippen LogP contribution in [0.1, 0.15) is 18.4 Å². The molecular formula is C12H15BrN2O. The highest BCUT2D eigenvalue weighted by Gasteiger charge is 2.20. The van der Waals surface area contributed by atoms with E-state index in [9.17, 15) is 4.79 Å². The number of halogens is 1. The fourth-order valence-corrected chi connectivity index (χ4v) is 2.27. The van der Waals surface area contributed by atoms with E-state index in [4.69, 9.17) is 0 Å². The topological polar surface area (TPSA) is 41.1 Å². The lowest BCUT2D eigenvalue weighted by atomic mass is 10.1. The minimum Gasteiger partial charge on any atom is -0.355 e. The van der Waals surface area contributed by atoms with E-state index in [-0.39, 0.29) is 11.9 Å². The average Bonchev–Trinajstić information content (AvgIpc) is 2.30. The first-order valence-electron chi connectivity index (χ1n) is 5.52. The van der Waals surface area contributed by atoms with Gasteiger partial charge in [0.2, 0.25) is 5.91 Å². The van der Waals surface area contributed by atoms with Gasteiger partial charge in [-0.1, -0.05) is 34.1 Å². The Morgan fingerprint density at radius 2 is 2.25 bits per heavy atom. The van der Waals surface area contributed by atoms with Gasteiger partial charge in [-0.05, 0) is 24.5 Å². The minimum atomic E-state index is -0.0409. The van der Waals surface area contributed by atoms with Gasteiger partial charge in [0.05, 0.1) is 6.04 Å². The number of hydrogen-bond acceptors (Lipinski definition) is 2. The molecule has 1 aliphatic heterocycles. The average molecular weight is 283 g/mol. The Kier molecular flexibility index (Phi) is 3.96. The van der Waals surface area contributed by atoms with Crippen molar-refractivity contribution in [3.8, 4) is 0 Å². The van der Waals surface area contributed by atoms with Crippen molar-refractivity contribution in [1.29, 1.82) is 0 Å². The standard InChI is InChI=1S/C12H15BrN2O/c13-10-5-2-1-4-9(10)8-15-11-6-3-7-14-12(11)16/h1-2,4-5,11,15H,3,6-8H2,(H,14,16). The second-order valence-corrected chi connectivity index (χ2v) is 4.81. The van der Waals surface area contributed by atoms with Crippen LogP contribution in [0, 0.1) is 0 Å². The smallest absolute Gasteiger partial charge is 0.237 e. The number of hydrogen-bond donors (Lipinski definition) is 2. The molecule has 3 nitrogen and oxygen atoms in total. The molecule has 0 radical (unpaired) electrons. The summed E-state index contributed by atoms with van der Waals surface area (Å²) in [7, 11) is 0. The number of rotatable bonds is 3. The number of nitrogens with one attached hydrogen (secondary N) is 2. The Morgan fingerprint density at radius 3 is 3.00 bits per heavy atom. The van der Waals surface area contributed by atoms with Crippen LogP contribution < -0.4 is 10.6 Å². The third-order valence-electron chi connectivity index (χ3n) is 2.78. The number of amides is 1. The normalized spacial score (nSPS) is 20.6. The zero-order chi connectivity index (χ0) is 11.4. The number of piperidine rings is 1. The van der Waals surface area contributed by atoms with Gasteiger partial charge >= 0.3 is 0 Å². The largest absolute Gasteiger partial charge is 0.355 e. The Balaban J connectivity index is 1.92. The predicted octanol–water partition coefficient (Wildman–Crippen LogP) is 1.82. The summed E-state index contributed by atoms with van der Waals surface area (Å²) in [4.78, 5) is 11.5. The van der Waals surface area contributed by atoms with E-state index in [0.29, 0.717) is 0 Å². The number of carbonyl (C=O) groups excluding carboxylic acids is 1. The summed E-state index contributed by atoms with van der Waals surface area (Å²) in [6.07, 6.45) is 1.98. The molecule has 1 saturated heterocycles. The number of benzene rings is 1. The third kappa shape index (κ3) is 2.83. The van der Waals surface area contributed by atoms with Gasteiger partial charge in [-0.3, -0.25) is 4.79 Å². The van der Waals surface area contributed by atoms with Gasteiger partial charge in [0.15, 0.2) is 0 Å². The Labute approximate surface area is 104 Å². The van der Waals surface area contributed by atoms with Gasteiger partial charge in [0.25, 0.3) is 0 Å². The molecule has 0 aromatic heterocycles. The van der Waals surface area contributed by atoms with Crippen molar-refractivity contribution in [3.63, 3.8) is 0 Å². The molecule has 1 unspecified atom stereocenters. The molecule has 0 aliphatic carbocycles. The fraction of sp³-hybridized carbons (Fsp3) is 0.417. The van der Waals surface area contributed by atoms with Crippen molar-refractivity contribution in [2.75, 3.05) is 6.54 Å². The lowest BCUT2D eigenvalue weighted by Gasteiger charge is -2.23. The Morgan fingerprint density at radius 1 is 1.44 bits per heavy atom. The molecule has 1 aromatic carbocycles. The van der Waals surface area contributed by atoms with Crippen LogP contribution >= 0.6 is 15.9 Å². The maximum Gasteiger partial charge on any atom is 0.237 e. The first-order chi connectivity index (χ1) is 7.77. The van der Waals surface area contributed by atoms with Gasteiger partial charge in [-0.15, -0.1) is 0 Å². The minimum absolute atomic E-state index is 0.0409. The molecule has 2 N–H and O–H groups in total. The van der Waals surface area contributed by atoms with E-state index in [0.717, 1.165) is 30.4 Å². The Bertz CT molecular complexity index is 381. The quantitative estimate of drug-likeness (QED) is 0.888. The summed E-state index contributed by atoms with van der Waals surface area (Å²) in [5.41, 5.74) is 1.18. The summed E-state index contributed by atoms with van der Waals surface area (Å²) in [5, 5.41) is 6.16. The van der Waals surface area contributed by atoms with Crippen LogP contribution in [-0.4, -0.2) is 18.5 Å². The third-order valence-corrected chi connectivity index (χ3v) is 3.56. The summed E-state index contributed by atoms with van der Waals surface area (Å²) in [6.45, 7) is 1.53. The maximum atomic E-state index is 11.5. The molecule has 0 spiro atoms. The van der Waals surface area contributed by atoms with Gasteiger partial charge in [-0.25, -0.2) is 0 Å². The molecule has 1 fully saturated rings. The summed E-state index contributed by atoms with van der Waals surface area (Å²) < 4.78 is 1.08. The summed E-state index contributed by atoms with van der Waals surface area (Å²) >= 11 is 3.50. The van der Waals surface area contributed by atoms with Crippen LogP contribution in [-0.2, 0) is 11.3 Å². The number of carbonyl (C=O) groups is 1. The Hall–Kier alpha value is -0.870. The van der Waals surface area contributed by atoms with Crippen LogP contribution in [0.2, 0.25) is 0 Å². The van der Waals surface area contributed by atoms with Crippen molar-refractivity contribution in [2.45, 2.75) is 25.4 Å². The van der Waals surface area contributed by atoms with Crippen LogP contribution in [0.25, 0.3) is 0 Å². The van der Waals surface area contributed by atoms with Crippen LogP contribution in [0.15, 0.2) is 28.7 Å². The second kappa shape index (κ2) is 5.46. The lowest BCUT2D eigenvalue weighted by Crippen LogP contribution is -2.47. The van der Waals surface area contributed by atoms with E-state index in [1.807, 2.05) is 18.2 Å². The molecule has 1 heterocycles. The molecular weight excluding hydrogens is 268 g/mol. The zero-order valence-electron chi connectivity index (χ0n) is 9.00. The van der Waals surface area contributed by atoms with Crippen molar-refractivity contribution in [1.82, 2.24) is 10.6 Å². The highest BCUT2D eigenvalue weighted by atomic mass is 79.9. The molecule has 1 amide bonds. The fourth-order valence-electron chi connectivity index (χ4n) is 1.84. The molecule has 0 saturated carbocycles. The van der Waals surface area contributed by atoms with E-state index >= 15 is 0 Å². The molecule has 2 rings (SSSR count). The first-order valence-corrected chi connectivity index (χ1v) is 6.31. The zero-order valence-corrected chi connectivity index (χ0v) is 10.6. The van der Waals surface area contributed by atoms with Gasteiger partial charge in [-0.2, -0.15) is 0 Å². The molecule has 4 heteroatoms. The predicted molar refractivity (Wildman–Crippen MR) is 67.0 cm³/mol. The van der Waals surface area contributed by atoms with Crippen molar-refractivity contribution in [2.24, 2.45) is 0 Å². The van der Waals surface area contributed by atoms with E-state index in [1.54, 1.807) is 0 Å². The van der Waals surface area contributed by atoms with Crippen molar-refractivity contribution < 1.29 is 4.79 Å². The van der Waals surface area contributed by atoms with Crippen LogP contribution in [0.5, 0.6) is 0 Å². The molecule has 86 valence electrons. The molecule has 16 heavy (non-hydrogen) atoms. The van der Waals surface area contributed by atoms with Gasteiger partial charge < -0.3 is 10.6 Å².